The molecular weight excluding hydrogens is 470 g/mol. The standard InChI is InChI=1S/C29H25N3OS2/c1-20(31-13-12-30)16-21-6-2-3-7-25(21)28(33)32-29(10-11-29)24-18-22(26-8-4-14-34-26)17-23(19-24)27-9-5-15-35-27/h2-9,14-15,17-19,31H,1,10-11,13,16H2,(H,32,33). The summed E-state index contributed by atoms with van der Waals surface area (Å²) in [5.41, 5.74) is 5.41. The largest absolute Gasteiger partial charge is 0.376 e. The molecule has 4 nitrogen and oxygen atoms in total. The number of rotatable bonds is 9. The molecule has 0 saturated heterocycles. The Labute approximate surface area is 213 Å². The molecule has 0 aliphatic heterocycles. The maximum Gasteiger partial charge on any atom is 0.252 e. The fourth-order valence-corrected chi connectivity index (χ4v) is 5.75. The molecule has 0 unspecified atom stereocenters. The summed E-state index contributed by atoms with van der Waals surface area (Å²) in [6.45, 7) is 4.20. The van der Waals surface area contributed by atoms with Crippen LogP contribution in [-0.2, 0) is 12.0 Å². The maximum atomic E-state index is 13.5. The van der Waals surface area contributed by atoms with Gasteiger partial charge in [0.25, 0.3) is 5.91 Å². The zero-order valence-corrected chi connectivity index (χ0v) is 20.8. The summed E-state index contributed by atoms with van der Waals surface area (Å²) in [6, 6.07) is 24.8. The fourth-order valence-electron chi connectivity index (χ4n) is 4.32. The lowest BCUT2D eigenvalue weighted by molar-refractivity contribution is 0.0930. The molecule has 1 fully saturated rings. The summed E-state index contributed by atoms with van der Waals surface area (Å²) < 4.78 is 0. The zero-order valence-electron chi connectivity index (χ0n) is 19.2. The van der Waals surface area contributed by atoms with Crippen LogP contribution in [0.3, 0.4) is 0 Å². The van der Waals surface area contributed by atoms with Crippen LogP contribution in [0.5, 0.6) is 0 Å². The minimum absolute atomic E-state index is 0.0783. The van der Waals surface area contributed by atoms with Crippen molar-refractivity contribution in [2.45, 2.75) is 24.8 Å². The number of thiophene rings is 2. The number of carbonyl (C=O) groups excluding carboxylic acids is 1. The molecule has 0 bridgehead atoms. The van der Waals surface area contributed by atoms with Crippen molar-refractivity contribution in [3.8, 4) is 27.0 Å². The first-order valence-corrected chi connectivity index (χ1v) is 13.3. The van der Waals surface area contributed by atoms with Gasteiger partial charge in [-0.05, 0) is 82.3 Å². The van der Waals surface area contributed by atoms with Crippen molar-refractivity contribution < 1.29 is 4.79 Å². The number of allylic oxidation sites excluding steroid dienone is 1. The van der Waals surface area contributed by atoms with Gasteiger partial charge in [-0.2, -0.15) is 5.26 Å². The maximum absolute atomic E-state index is 13.5. The number of carbonyl (C=O) groups is 1. The van der Waals surface area contributed by atoms with E-state index in [0.717, 1.165) is 29.7 Å². The molecule has 1 aliphatic carbocycles. The van der Waals surface area contributed by atoms with Crippen LogP contribution in [0, 0.1) is 11.3 Å². The van der Waals surface area contributed by atoms with E-state index < -0.39 is 0 Å². The lowest BCUT2D eigenvalue weighted by Crippen LogP contribution is -2.35. The van der Waals surface area contributed by atoms with Crippen LogP contribution in [0.1, 0.15) is 34.3 Å². The summed E-state index contributed by atoms with van der Waals surface area (Å²) in [5, 5.41) is 19.4. The fraction of sp³-hybridized carbons (Fsp3) is 0.172. The van der Waals surface area contributed by atoms with Crippen molar-refractivity contribution in [1.29, 1.82) is 5.26 Å². The van der Waals surface area contributed by atoms with Crippen LogP contribution >= 0.6 is 22.7 Å². The molecule has 1 saturated carbocycles. The van der Waals surface area contributed by atoms with Crippen molar-refractivity contribution in [3.63, 3.8) is 0 Å². The molecule has 2 heterocycles. The van der Waals surface area contributed by atoms with Gasteiger partial charge in [-0.15, -0.1) is 22.7 Å². The number of benzene rings is 2. The molecule has 4 aromatic rings. The molecule has 6 heteroatoms. The van der Waals surface area contributed by atoms with Crippen LogP contribution < -0.4 is 10.6 Å². The molecule has 1 aliphatic rings. The minimum atomic E-state index is -0.362. The minimum Gasteiger partial charge on any atom is -0.376 e. The van der Waals surface area contributed by atoms with Gasteiger partial charge in [0.2, 0.25) is 0 Å². The zero-order chi connectivity index (χ0) is 24.3. The first-order valence-electron chi connectivity index (χ1n) is 11.5. The number of nitriles is 1. The van der Waals surface area contributed by atoms with Crippen molar-refractivity contribution in [3.05, 3.63) is 106 Å². The predicted molar refractivity (Wildman–Crippen MR) is 144 cm³/mol. The van der Waals surface area contributed by atoms with E-state index in [1.165, 1.54) is 20.9 Å². The lowest BCUT2D eigenvalue weighted by atomic mass is 9.96. The summed E-state index contributed by atoms with van der Waals surface area (Å²) in [4.78, 5) is 16.0. The molecule has 5 rings (SSSR count). The number of hydrogen-bond donors (Lipinski definition) is 2. The summed E-state index contributed by atoms with van der Waals surface area (Å²) in [6.07, 6.45) is 2.32. The van der Waals surface area contributed by atoms with Crippen molar-refractivity contribution >= 4 is 28.6 Å². The van der Waals surface area contributed by atoms with Crippen LogP contribution in [0.4, 0.5) is 0 Å². The van der Waals surface area contributed by atoms with Crippen LogP contribution in [0.2, 0.25) is 0 Å². The van der Waals surface area contributed by atoms with E-state index in [1.54, 1.807) is 22.7 Å². The van der Waals surface area contributed by atoms with Gasteiger partial charge in [0, 0.05) is 27.4 Å². The van der Waals surface area contributed by atoms with Gasteiger partial charge in [0.1, 0.15) is 6.54 Å². The Kier molecular flexibility index (Phi) is 6.54. The van der Waals surface area contributed by atoms with Gasteiger partial charge >= 0.3 is 0 Å². The second-order valence-electron chi connectivity index (χ2n) is 8.74. The Hall–Kier alpha value is -3.66. The van der Waals surface area contributed by atoms with Crippen molar-refractivity contribution in [2.75, 3.05) is 6.54 Å². The molecule has 2 N–H and O–H groups in total. The number of hydrogen-bond acceptors (Lipinski definition) is 5. The molecule has 0 spiro atoms. The van der Waals surface area contributed by atoms with E-state index in [2.05, 4.69) is 76.5 Å². The van der Waals surface area contributed by atoms with E-state index >= 15 is 0 Å². The second kappa shape index (κ2) is 9.91. The molecular formula is C29H25N3OS2. The van der Waals surface area contributed by atoms with Gasteiger partial charge in [-0.1, -0.05) is 36.9 Å². The third kappa shape index (κ3) is 5.07. The SMILES string of the molecule is C=C(Cc1ccccc1C(=O)NC1(c2cc(-c3cccs3)cc(-c3cccs3)c2)CC1)NCC#N. The summed E-state index contributed by atoms with van der Waals surface area (Å²) >= 11 is 3.45. The molecule has 1 amide bonds. The average molecular weight is 496 g/mol. The van der Waals surface area contributed by atoms with E-state index in [-0.39, 0.29) is 18.0 Å². The van der Waals surface area contributed by atoms with Gasteiger partial charge in [-0.3, -0.25) is 4.79 Å². The molecule has 2 aromatic carbocycles. The lowest BCUT2D eigenvalue weighted by Gasteiger charge is -2.21. The third-order valence-electron chi connectivity index (χ3n) is 6.28. The Balaban J connectivity index is 1.44. The van der Waals surface area contributed by atoms with Gasteiger partial charge in [0.05, 0.1) is 11.6 Å². The van der Waals surface area contributed by atoms with Crippen molar-refractivity contribution in [1.82, 2.24) is 10.6 Å². The Morgan fingerprint density at radius 1 is 0.971 bits per heavy atom. The predicted octanol–water partition coefficient (Wildman–Crippen LogP) is 6.73. The molecule has 174 valence electrons. The highest BCUT2D eigenvalue weighted by molar-refractivity contribution is 7.14. The van der Waals surface area contributed by atoms with E-state index in [1.807, 2.05) is 24.3 Å². The summed E-state index contributed by atoms with van der Waals surface area (Å²) in [5.74, 6) is -0.0783. The first kappa shape index (κ1) is 23.1. The highest BCUT2D eigenvalue weighted by atomic mass is 32.1. The second-order valence-corrected chi connectivity index (χ2v) is 10.6. The highest BCUT2D eigenvalue weighted by Crippen LogP contribution is 2.48. The van der Waals surface area contributed by atoms with Gasteiger partial charge in [-0.25, -0.2) is 0 Å². The highest BCUT2D eigenvalue weighted by Gasteiger charge is 2.46. The first-order chi connectivity index (χ1) is 17.1. The quantitative estimate of drug-likeness (QED) is 0.253. The molecule has 2 aromatic heterocycles. The van der Waals surface area contributed by atoms with Gasteiger partial charge in [0.15, 0.2) is 0 Å². The average Bonchev–Trinajstić information content (AvgIpc) is 3.27. The molecule has 0 atom stereocenters. The van der Waals surface area contributed by atoms with Crippen LogP contribution in [0.25, 0.3) is 20.9 Å². The van der Waals surface area contributed by atoms with Crippen LogP contribution in [-0.4, -0.2) is 12.5 Å². The Morgan fingerprint density at radius 2 is 1.63 bits per heavy atom. The third-order valence-corrected chi connectivity index (χ3v) is 8.12. The topological polar surface area (TPSA) is 64.9 Å². The summed E-state index contributed by atoms with van der Waals surface area (Å²) in [7, 11) is 0. The normalized spacial score (nSPS) is 13.6. The van der Waals surface area contributed by atoms with Crippen LogP contribution in [0.15, 0.2) is 89.8 Å². The number of nitrogens with one attached hydrogen (secondary N) is 2. The monoisotopic (exact) mass is 495 g/mol. The molecule has 35 heavy (non-hydrogen) atoms. The molecule has 0 radical (unpaired) electrons. The number of nitrogens with zero attached hydrogens (tertiary/aromatic N) is 1. The van der Waals surface area contributed by atoms with E-state index in [4.69, 9.17) is 5.26 Å². The van der Waals surface area contributed by atoms with E-state index in [9.17, 15) is 4.79 Å². The van der Waals surface area contributed by atoms with Gasteiger partial charge < -0.3 is 10.6 Å². The smallest absolute Gasteiger partial charge is 0.252 e. The Morgan fingerprint density at radius 3 is 2.20 bits per heavy atom. The van der Waals surface area contributed by atoms with Crippen molar-refractivity contribution in [2.24, 2.45) is 0 Å². The van der Waals surface area contributed by atoms with E-state index in [0.29, 0.717) is 12.0 Å². The Bertz CT molecular complexity index is 1340. The number of amides is 1.